The Balaban J connectivity index is 1.52. The predicted octanol–water partition coefficient (Wildman–Crippen LogP) is 6.41. The van der Waals surface area contributed by atoms with Gasteiger partial charge in [0.15, 0.2) is 17.3 Å². The van der Waals surface area contributed by atoms with Crippen molar-refractivity contribution in [2.75, 3.05) is 26.1 Å². The van der Waals surface area contributed by atoms with Crippen LogP contribution < -0.4 is 24.8 Å². The molecule has 0 aliphatic heterocycles. The van der Waals surface area contributed by atoms with Gasteiger partial charge in [-0.2, -0.15) is 0 Å². The monoisotopic (exact) mass is 576 g/mol. The van der Waals surface area contributed by atoms with Gasteiger partial charge in [0.1, 0.15) is 11.4 Å². The highest BCUT2D eigenvalue weighted by molar-refractivity contribution is 6.11. The molecule has 218 valence electrons. The summed E-state index contributed by atoms with van der Waals surface area (Å²) < 4.78 is 16.3. The second kappa shape index (κ2) is 14.8. The van der Waals surface area contributed by atoms with E-state index in [-0.39, 0.29) is 11.5 Å². The number of anilines is 1. The molecule has 0 heterocycles. The van der Waals surface area contributed by atoms with E-state index < -0.39 is 11.8 Å². The van der Waals surface area contributed by atoms with Crippen LogP contribution in [0.5, 0.6) is 17.2 Å². The van der Waals surface area contributed by atoms with Gasteiger partial charge in [-0.1, -0.05) is 48.5 Å². The number of allylic oxidation sites excluding steroid dienone is 1. The highest BCUT2D eigenvalue weighted by atomic mass is 16.5. The van der Waals surface area contributed by atoms with Crippen LogP contribution in [0.1, 0.15) is 38.8 Å². The van der Waals surface area contributed by atoms with Gasteiger partial charge in [0.25, 0.3) is 11.8 Å². The van der Waals surface area contributed by atoms with Gasteiger partial charge in [-0.05, 0) is 79.2 Å². The van der Waals surface area contributed by atoms with Crippen LogP contribution in [0.4, 0.5) is 5.69 Å². The molecule has 2 amide bonds. The molecule has 0 unspecified atom stereocenters. The minimum Gasteiger partial charge on any atom is -0.494 e. The van der Waals surface area contributed by atoms with E-state index in [1.165, 1.54) is 26.4 Å². The van der Waals surface area contributed by atoms with Crippen LogP contribution in [0, 0.1) is 0 Å². The largest absolute Gasteiger partial charge is 0.494 e. The number of hydrogen-bond donors (Lipinski definition) is 2. The van der Waals surface area contributed by atoms with Crippen LogP contribution in [0.25, 0.3) is 12.2 Å². The molecule has 0 fully saturated rings. The van der Waals surface area contributed by atoms with E-state index in [4.69, 9.17) is 14.2 Å². The van der Waals surface area contributed by atoms with Gasteiger partial charge in [-0.3, -0.25) is 14.4 Å². The Kier molecular flexibility index (Phi) is 10.5. The summed E-state index contributed by atoms with van der Waals surface area (Å²) >= 11 is 0. The molecule has 0 saturated carbocycles. The first-order chi connectivity index (χ1) is 20.9. The summed E-state index contributed by atoms with van der Waals surface area (Å²) in [5, 5.41) is 5.50. The second-order valence-corrected chi connectivity index (χ2v) is 9.19. The van der Waals surface area contributed by atoms with Crippen LogP contribution in [0.3, 0.4) is 0 Å². The lowest BCUT2D eigenvalue weighted by molar-refractivity contribution is -0.113. The third kappa shape index (κ3) is 8.20. The van der Waals surface area contributed by atoms with E-state index in [1.807, 2.05) is 31.2 Å². The molecule has 2 N–H and O–H groups in total. The number of benzene rings is 4. The van der Waals surface area contributed by atoms with E-state index in [0.29, 0.717) is 40.5 Å². The first-order valence-corrected chi connectivity index (χ1v) is 13.6. The second-order valence-electron chi connectivity index (χ2n) is 9.19. The molecule has 0 aliphatic rings. The third-order valence-corrected chi connectivity index (χ3v) is 6.31. The molecular formula is C35H32N2O6. The number of nitrogens with one attached hydrogen (secondary N) is 2. The quantitative estimate of drug-likeness (QED) is 0.149. The summed E-state index contributed by atoms with van der Waals surface area (Å²) in [6.07, 6.45) is 4.74. The molecular weight excluding hydrogens is 544 g/mol. The molecule has 8 nitrogen and oxygen atoms in total. The topological polar surface area (TPSA) is 103 Å². The van der Waals surface area contributed by atoms with Gasteiger partial charge < -0.3 is 24.8 Å². The van der Waals surface area contributed by atoms with Crippen molar-refractivity contribution in [3.8, 4) is 17.2 Å². The number of para-hydroxylation sites is 1. The van der Waals surface area contributed by atoms with Crippen molar-refractivity contribution in [3.05, 3.63) is 131 Å². The van der Waals surface area contributed by atoms with Crippen LogP contribution >= 0.6 is 0 Å². The standard InChI is InChI=1S/C35H32N2O6/c1-4-43-29-20-13-24(14-21-29)15-22-31(38)25-16-18-28(19-17-25)36-35(40)30(37-34(39)26-9-6-5-7-10-26)23-27-11-8-12-32(41-2)33(27)42-3/h5-23H,4H2,1-3H3,(H,36,40)(H,37,39)/b22-15+,30-23-. The lowest BCUT2D eigenvalue weighted by Crippen LogP contribution is -2.30. The number of carbonyl (C=O) groups is 3. The van der Waals surface area contributed by atoms with E-state index in [0.717, 1.165) is 11.3 Å². The van der Waals surface area contributed by atoms with Gasteiger partial charge in [0.05, 0.1) is 20.8 Å². The first kappa shape index (κ1) is 30.3. The van der Waals surface area contributed by atoms with Gasteiger partial charge in [0, 0.05) is 22.4 Å². The highest BCUT2D eigenvalue weighted by Gasteiger charge is 2.17. The summed E-state index contributed by atoms with van der Waals surface area (Å²) in [7, 11) is 3.01. The summed E-state index contributed by atoms with van der Waals surface area (Å²) in [5.41, 5.74) is 2.66. The van der Waals surface area contributed by atoms with Crippen LogP contribution in [0.15, 0.2) is 109 Å². The molecule has 0 spiro atoms. The molecule has 0 aliphatic carbocycles. The maximum Gasteiger partial charge on any atom is 0.272 e. The van der Waals surface area contributed by atoms with Crippen LogP contribution in [-0.4, -0.2) is 38.4 Å². The Morgan fingerprint density at radius 1 is 0.767 bits per heavy atom. The fourth-order valence-corrected chi connectivity index (χ4v) is 4.15. The summed E-state index contributed by atoms with van der Waals surface area (Å²) in [6.45, 7) is 2.50. The number of ketones is 1. The van der Waals surface area contributed by atoms with Crippen molar-refractivity contribution in [1.82, 2.24) is 5.32 Å². The molecule has 4 rings (SSSR count). The van der Waals surface area contributed by atoms with E-state index in [9.17, 15) is 14.4 Å². The molecule has 43 heavy (non-hydrogen) atoms. The summed E-state index contributed by atoms with van der Waals surface area (Å²) in [6, 6.07) is 27.7. The zero-order valence-electron chi connectivity index (χ0n) is 24.1. The number of hydrogen-bond acceptors (Lipinski definition) is 6. The van der Waals surface area contributed by atoms with E-state index >= 15 is 0 Å². The SMILES string of the molecule is CCOc1ccc(/C=C/C(=O)c2ccc(NC(=O)/C(=C/c3cccc(OC)c3OC)NC(=O)c3ccccc3)cc2)cc1. The number of amides is 2. The van der Waals surface area contributed by atoms with Crippen molar-refractivity contribution in [2.45, 2.75) is 6.92 Å². The average Bonchev–Trinajstić information content (AvgIpc) is 3.04. The van der Waals surface area contributed by atoms with Crippen LogP contribution in [0.2, 0.25) is 0 Å². The van der Waals surface area contributed by atoms with E-state index in [2.05, 4.69) is 10.6 Å². The smallest absolute Gasteiger partial charge is 0.272 e. The number of methoxy groups -OCH3 is 2. The highest BCUT2D eigenvalue weighted by Crippen LogP contribution is 2.32. The molecule has 0 radical (unpaired) electrons. The summed E-state index contributed by atoms with van der Waals surface area (Å²) in [4.78, 5) is 39.1. The van der Waals surface area contributed by atoms with Crippen molar-refractivity contribution < 1.29 is 28.6 Å². The van der Waals surface area contributed by atoms with Crippen molar-refractivity contribution in [2.24, 2.45) is 0 Å². The summed E-state index contributed by atoms with van der Waals surface area (Å²) in [5.74, 6) is 0.442. The minimum atomic E-state index is -0.566. The Hall–Kier alpha value is -5.63. The lowest BCUT2D eigenvalue weighted by Gasteiger charge is -2.14. The maximum atomic E-state index is 13.4. The van der Waals surface area contributed by atoms with Crippen LogP contribution in [-0.2, 0) is 4.79 Å². The normalized spacial score (nSPS) is 11.1. The molecule has 4 aromatic rings. The van der Waals surface area contributed by atoms with Gasteiger partial charge in [0.2, 0.25) is 0 Å². The minimum absolute atomic E-state index is 0.0150. The Labute approximate surface area is 250 Å². The van der Waals surface area contributed by atoms with Gasteiger partial charge in [-0.25, -0.2) is 0 Å². The lowest BCUT2D eigenvalue weighted by atomic mass is 10.1. The molecule has 4 aromatic carbocycles. The zero-order chi connectivity index (χ0) is 30.6. The van der Waals surface area contributed by atoms with Crippen molar-refractivity contribution in [1.29, 1.82) is 0 Å². The molecule has 0 saturated heterocycles. The number of ether oxygens (including phenoxy) is 3. The van der Waals surface area contributed by atoms with E-state index in [1.54, 1.807) is 78.9 Å². The fraction of sp³-hybridized carbons (Fsp3) is 0.114. The number of rotatable bonds is 12. The molecule has 0 aromatic heterocycles. The van der Waals surface area contributed by atoms with Crippen molar-refractivity contribution >= 4 is 35.4 Å². The average molecular weight is 577 g/mol. The number of carbonyl (C=O) groups excluding carboxylic acids is 3. The fourth-order valence-electron chi connectivity index (χ4n) is 4.15. The van der Waals surface area contributed by atoms with Crippen molar-refractivity contribution in [3.63, 3.8) is 0 Å². The van der Waals surface area contributed by atoms with Gasteiger partial charge in [-0.15, -0.1) is 0 Å². The Morgan fingerprint density at radius 3 is 2.14 bits per heavy atom. The molecule has 8 heteroatoms. The Bertz CT molecular complexity index is 1630. The first-order valence-electron chi connectivity index (χ1n) is 13.6. The molecule has 0 bridgehead atoms. The zero-order valence-corrected chi connectivity index (χ0v) is 24.1. The predicted molar refractivity (Wildman–Crippen MR) is 167 cm³/mol. The Morgan fingerprint density at radius 2 is 1.49 bits per heavy atom. The third-order valence-electron chi connectivity index (χ3n) is 6.31. The molecule has 0 atom stereocenters. The van der Waals surface area contributed by atoms with Gasteiger partial charge >= 0.3 is 0 Å². The maximum absolute atomic E-state index is 13.4.